The van der Waals surface area contributed by atoms with Gasteiger partial charge in [-0.3, -0.25) is 0 Å². The highest BCUT2D eigenvalue weighted by molar-refractivity contribution is 5.90. The van der Waals surface area contributed by atoms with E-state index in [1.54, 1.807) is 0 Å². The second kappa shape index (κ2) is 9.57. The second-order valence-corrected chi connectivity index (χ2v) is 5.56. The van der Waals surface area contributed by atoms with Gasteiger partial charge in [-0.05, 0) is 37.3 Å². The number of esters is 1. The van der Waals surface area contributed by atoms with Crippen LogP contribution >= 0.6 is 0 Å². The average Bonchev–Trinajstić information content (AvgIpc) is 2.45. The molecular weight excluding hydrogens is 248 g/mol. The first-order valence-corrected chi connectivity index (χ1v) is 7.91. The van der Waals surface area contributed by atoms with Crippen LogP contribution in [0.5, 0.6) is 0 Å². The van der Waals surface area contributed by atoms with Crippen molar-refractivity contribution in [3.05, 3.63) is 35.4 Å². The van der Waals surface area contributed by atoms with Gasteiger partial charge >= 0.3 is 5.97 Å². The summed E-state index contributed by atoms with van der Waals surface area (Å²) in [6, 6.07) is 7.61. The lowest BCUT2D eigenvalue weighted by atomic mass is 9.97. The molecule has 1 unspecified atom stereocenters. The summed E-state index contributed by atoms with van der Waals surface area (Å²) in [5.74, 6) is 0.333. The third-order valence-corrected chi connectivity index (χ3v) is 3.73. The van der Waals surface area contributed by atoms with Crippen molar-refractivity contribution >= 4 is 5.97 Å². The maximum Gasteiger partial charge on any atom is 0.338 e. The maximum atomic E-state index is 12.1. The second-order valence-electron chi connectivity index (χ2n) is 5.56. The van der Waals surface area contributed by atoms with Crippen LogP contribution in [0, 0.1) is 12.8 Å². The Hall–Kier alpha value is -1.31. The molecule has 0 spiro atoms. The molecule has 0 amide bonds. The van der Waals surface area contributed by atoms with Crippen molar-refractivity contribution in [2.45, 2.75) is 59.3 Å². The highest BCUT2D eigenvalue weighted by Crippen LogP contribution is 2.17. The lowest BCUT2D eigenvalue weighted by molar-refractivity contribution is 0.0422. The van der Waals surface area contributed by atoms with Gasteiger partial charge in [-0.2, -0.15) is 0 Å². The molecule has 1 aromatic carbocycles. The molecule has 0 fully saturated rings. The van der Waals surface area contributed by atoms with Gasteiger partial charge in [0.05, 0.1) is 12.2 Å². The lowest BCUT2D eigenvalue weighted by Crippen LogP contribution is -2.15. The fourth-order valence-corrected chi connectivity index (χ4v) is 2.48. The smallest absolute Gasteiger partial charge is 0.338 e. The van der Waals surface area contributed by atoms with Gasteiger partial charge in [0.2, 0.25) is 0 Å². The van der Waals surface area contributed by atoms with Gasteiger partial charge in [-0.15, -0.1) is 0 Å². The Bertz CT molecular complexity index is 398. The van der Waals surface area contributed by atoms with E-state index in [2.05, 4.69) is 13.8 Å². The molecule has 2 nitrogen and oxygen atoms in total. The van der Waals surface area contributed by atoms with Gasteiger partial charge in [0.1, 0.15) is 0 Å². The van der Waals surface area contributed by atoms with Crippen LogP contribution in [0.1, 0.15) is 68.3 Å². The van der Waals surface area contributed by atoms with Crippen LogP contribution in [-0.2, 0) is 4.74 Å². The summed E-state index contributed by atoms with van der Waals surface area (Å²) in [6.07, 6.45) is 7.21. The van der Waals surface area contributed by atoms with Crippen molar-refractivity contribution in [3.8, 4) is 0 Å². The minimum Gasteiger partial charge on any atom is -0.462 e. The molecule has 20 heavy (non-hydrogen) atoms. The van der Waals surface area contributed by atoms with E-state index in [1.807, 2.05) is 31.2 Å². The van der Waals surface area contributed by atoms with E-state index in [4.69, 9.17) is 4.74 Å². The van der Waals surface area contributed by atoms with E-state index in [0.717, 1.165) is 18.4 Å². The molecule has 1 aromatic rings. The lowest BCUT2D eigenvalue weighted by Gasteiger charge is -2.16. The fourth-order valence-electron chi connectivity index (χ4n) is 2.48. The van der Waals surface area contributed by atoms with Crippen molar-refractivity contribution < 1.29 is 9.53 Å². The van der Waals surface area contributed by atoms with E-state index in [1.165, 1.54) is 25.7 Å². The Morgan fingerprint density at radius 3 is 2.50 bits per heavy atom. The predicted octanol–water partition coefficient (Wildman–Crippen LogP) is 5.15. The summed E-state index contributed by atoms with van der Waals surface area (Å²) in [5.41, 5.74) is 1.67. The van der Waals surface area contributed by atoms with Crippen LogP contribution in [0.4, 0.5) is 0 Å². The standard InChI is InChI=1S/C18H28O2/c1-4-6-7-12-16(10-5-2)14-20-18(19)17-13-9-8-11-15(17)3/h8-9,11,13,16H,4-7,10,12,14H2,1-3H3. The average molecular weight is 276 g/mol. The molecule has 0 saturated heterocycles. The number of rotatable bonds is 9. The van der Waals surface area contributed by atoms with Crippen LogP contribution in [0.15, 0.2) is 24.3 Å². The third-order valence-electron chi connectivity index (χ3n) is 3.73. The molecule has 112 valence electrons. The first-order valence-electron chi connectivity index (χ1n) is 7.91. The van der Waals surface area contributed by atoms with Gasteiger partial charge in [0.15, 0.2) is 0 Å². The van der Waals surface area contributed by atoms with Gasteiger partial charge in [0, 0.05) is 0 Å². The van der Waals surface area contributed by atoms with E-state index in [9.17, 15) is 4.79 Å². The molecule has 0 heterocycles. The van der Waals surface area contributed by atoms with Gasteiger partial charge in [-0.25, -0.2) is 4.79 Å². The van der Waals surface area contributed by atoms with Crippen LogP contribution in [0.2, 0.25) is 0 Å². The number of ether oxygens (including phenoxy) is 1. The Morgan fingerprint density at radius 2 is 1.85 bits per heavy atom. The number of aryl methyl sites for hydroxylation is 1. The molecular formula is C18H28O2. The van der Waals surface area contributed by atoms with Crippen molar-refractivity contribution in [1.29, 1.82) is 0 Å². The Labute approximate surface area is 123 Å². The van der Waals surface area contributed by atoms with Crippen molar-refractivity contribution in [2.24, 2.45) is 5.92 Å². The first kappa shape index (κ1) is 16.7. The fraction of sp³-hybridized carbons (Fsp3) is 0.611. The molecule has 1 rings (SSSR count). The molecule has 2 heteroatoms. The molecule has 1 atom stereocenters. The summed E-state index contributed by atoms with van der Waals surface area (Å²) in [4.78, 5) is 12.1. The SMILES string of the molecule is CCCCCC(CCC)COC(=O)c1ccccc1C. The van der Waals surface area contributed by atoms with Crippen molar-refractivity contribution in [3.63, 3.8) is 0 Å². The van der Waals surface area contributed by atoms with Gasteiger partial charge < -0.3 is 4.74 Å². The van der Waals surface area contributed by atoms with Crippen LogP contribution in [0.3, 0.4) is 0 Å². The molecule has 0 aliphatic carbocycles. The number of benzene rings is 1. The zero-order valence-corrected chi connectivity index (χ0v) is 13.2. The Morgan fingerprint density at radius 1 is 1.10 bits per heavy atom. The van der Waals surface area contributed by atoms with Gasteiger partial charge in [-0.1, -0.05) is 57.7 Å². The van der Waals surface area contributed by atoms with E-state index >= 15 is 0 Å². The quantitative estimate of drug-likeness (QED) is 0.460. The number of carbonyl (C=O) groups excluding carboxylic acids is 1. The number of carbonyl (C=O) groups is 1. The molecule has 0 aliphatic heterocycles. The zero-order chi connectivity index (χ0) is 14.8. The number of hydrogen-bond acceptors (Lipinski definition) is 2. The topological polar surface area (TPSA) is 26.3 Å². The third kappa shape index (κ3) is 5.77. The molecule has 0 aliphatic rings. The number of hydrogen-bond donors (Lipinski definition) is 0. The normalized spacial score (nSPS) is 12.2. The molecule has 0 bridgehead atoms. The van der Waals surface area contributed by atoms with Crippen molar-refractivity contribution in [2.75, 3.05) is 6.61 Å². The summed E-state index contributed by atoms with van der Waals surface area (Å²) in [5, 5.41) is 0. The Balaban J connectivity index is 2.45. The molecule has 0 saturated carbocycles. The highest BCUT2D eigenvalue weighted by atomic mass is 16.5. The molecule has 0 radical (unpaired) electrons. The predicted molar refractivity (Wildman–Crippen MR) is 84.0 cm³/mol. The largest absolute Gasteiger partial charge is 0.462 e. The minimum atomic E-state index is -0.181. The van der Waals surface area contributed by atoms with Crippen LogP contribution in [-0.4, -0.2) is 12.6 Å². The van der Waals surface area contributed by atoms with Gasteiger partial charge in [0.25, 0.3) is 0 Å². The van der Waals surface area contributed by atoms with E-state index in [0.29, 0.717) is 18.1 Å². The molecule has 0 N–H and O–H groups in total. The zero-order valence-electron chi connectivity index (χ0n) is 13.2. The van der Waals surface area contributed by atoms with Crippen LogP contribution in [0.25, 0.3) is 0 Å². The Kier molecular flexibility index (Phi) is 8.01. The number of unbranched alkanes of at least 4 members (excludes halogenated alkanes) is 2. The van der Waals surface area contributed by atoms with E-state index in [-0.39, 0.29) is 5.97 Å². The monoisotopic (exact) mass is 276 g/mol. The van der Waals surface area contributed by atoms with Crippen molar-refractivity contribution in [1.82, 2.24) is 0 Å². The molecule has 0 aromatic heterocycles. The summed E-state index contributed by atoms with van der Waals surface area (Å²) in [7, 11) is 0. The van der Waals surface area contributed by atoms with E-state index < -0.39 is 0 Å². The summed E-state index contributed by atoms with van der Waals surface area (Å²) in [6.45, 7) is 6.91. The minimum absolute atomic E-state index is 0.181. The summed E-state index contributed by atoms with van der Waals surface area (Å²) >= 11 is 0. The van der Waals surface area contributed by atoms with Crippen LogP contribution < -0.4 is 0 Å². The highest BCUT2D eigenvalue weighted by Gasteiger charge is 2.14. The summed E-state index contributed by atoms with van der Waals surface area (Å²) < 4.78 is 5.52. The maximum absolute atomic E-state index is 12.1. The first-order chi connectivity index (χ1) is 9.69.